The molecule has 47 heavy (non-hydrogen) atoms. The summed E-state index contributed by atoms with van der Waals surface area (Å²) in [6.45, 7) is 11.2. The molecule has 5 rings (SSSR count). The second-order valence-electron chi connectivity index (χ2n) is 12.2. The number of fused-ring (bicyclic) bond motifs is 1. The number of benzene rings is 3. The van der Waals surface area contributed by atoms with Gasteiger partial charge in [-0.15, -0.1) is 0 Å². The van der Waals surface area contributed by atoms with Crippen LogP contribution in [0.15, 0.2) is 84.7 Å². The summed E-state index contributed by atoms with van der Waals surface area (Å²) in [6.07, 6.45) is 12.9. The fourth-order valence-corrected chi connectivity index (χ4v) is 6.00. The number of aromatic nitrogens is 2. The highest BCUT2D eigenvalue weighted by molar-refractivity contribution is 6.07. The molecule has 0 aliphatic carbocycles. The van der Waals surface area contributed by atoms with Crippen molar-refractivity contribution < 1.29 is 14.3 Å². The van der Waals surface area contributed by atoms with Crippen molar-refractivity contribution in [3.63, 3.8) is 0 Å². The largest absolute Gasteiger partial charge is 0.491 e. The molecule has 7 nitrogen and oxygen atoms in total. The average molecular weight is 635 g/mol. The summed E-state index contributed by atoms with van der Waals surface area (Å²) in [5, 5.41) is 3.16. The second kappa shape index (κ2) is 17.5. The zero-order chi connectivity index (χ0) is 32.8. The second-order valence-corrected chi connectivity index (χ2v) is 12.2. The lowest BCUT2D eigenvalue weighted by molar-refractivity contribution is -0.112. The van der Waals surface area contributed by atoms with Gasteiger partial charge >= 0.3 is 0 Å². The molecule has 1 amide bonds. The highest BCUT2D eigenvalue weighted by atomic mass is 16.5. The van der Waals surface area contributed by atoms with E-state index in [2.05, 4.69) is 95.3 Å². The maximum absolute atomic E-state index is 13.6. The van der Waals surface area contributed by atoms with Crippen LogP contribution >= 0.6 is 0 Å². The molecule has 0 spiro atoms. The van der Waals surface area contributed by atoms with E-state index in [1.807, 2.05) is 30.5 Å². The molecule has 0 unspecified atom stereocenters. The molecule has 248 valence electrons. The topological polar surface area (TPSA) is 68.6 Å². The van der Waals surface area contributed by atoms with Crippen LogP contribution in [0.5, 0.6) is 5.75 Å². The summed E-state index contributed by atoms with van der Waals surface area (Å²) in [5.41, 5.74) is 7.30. The molecule has 7 heteroatoms. The van der Waals surface area contributed by atoms with Crippen LogP contribution in [0.1, 0.15) is 69.8 Å². The van der Waals surface area contributed by atoms with E-state index in [0.29, 0.717) is 19.6 Å². The van der Waals surface area contributed by atoms with Crippen molar-refractivity contribution in [2.24, 2.45) is 0 Å². The Bertz CT molecular complexity index is 1590. The minimum atomic E-state index is -0.0470. The molecule has 3 aromatic carbocycles. The predicted octanol–water partition coefficient (Wildman–Crippen LogP) is 8.58. The Morgan fingerprint density at radius 2 is 1.64 bits per heavy atom. The maximum Gasteiger partial charge on any atom is 0.251 e. The number of rotatable bonds is 17. The number of aryl methyl sites for hydroxylation is 3. The standard InChI is InChI=1S/C40H50N4O3/c1-4-7-26-46-27-28-47-37-16-11-32(12-17-37)33-13-18-38-35(29-33)30-34(20-24-43(38)22-5-2)40(45)42-36-14-8-31(9-15-36)10-19-39-41-21-25-44(39)23-6-3/h8-9,11-18,21,25,29-30H,4-7,10,19-20,22-24,26-28H2,1-3H3,(H,42,45). The van der Waals surface area contributed by atoms with Crippen molar-refractivity contribution in [1.82, 2.24) is 9.55 Å². The quantitative estimate of drug-likeness (QED) is 0.118. The Kier molecular flexibility index (Phi) is 12.7. The molecule has 0 fully saturated rings. The van der Waals surface area contributed by atoms with E-state index in [4.69, 9.17) is 9.47 Å². The number of carbonyl (C=O) groups excluding carboxylic acids is 1. The molecule has 4 aromatic rings. The van der Waals surface area contributed by atoms with Crippen LogP contribution < -0.4 is 15.0 Å². The van der Waals surface area contributed by atoms with Gasteiger partial charge in [0.25, 0.3) is 5.91 Å². The molecule has 0 saturated carbocycles. The molecule has 0 atom stereocenters. The van der Waals surface area contributed by atoms with E-state index in [1.165, 1.54) is 11.3 Å². The fraction of sp³-hybridized carbons (Fsp3) is 0.400. The van der Waals surface area contributed by atoms with Gasteiger partial charge in [0.1, 0.15) is 18.2 Å². The van der Waals surface area contributed by atoms with Crippen LogP contribution in [-0.4, -0.2) is 48.4 Å². The molecule has 1 aromatic heterocycles. The van der Waals surface area contributed by atoms with Crippen molar-refractivity contribution in [2.45, 2.75) is 72.3 Å². The Morgan fingerprint density at radius 3 is 2.40 bits per heavy atom. The highest BCUT2D eigenvalue weighted by Crippen LogP contribution is 2.33. The third kappa shape index (κ3) is 9.58. The van der Waals surface area contributed by atoms with Crippen LogP contribution in [0.3, 0.4) is 0 Å². The van der Waals surface area contributed by atoms with Crippen molar-refractivity contribution in [2.75, 3.05) is 43.1 Å². The van der Waals surface area contributed by atoms with Crippen LogP contribution in [-0.2, 0) is 28.9 Å². The summed E-state index contributed by atoms with van der Waals surface area (Å²) in [4.78, 5) is 20.5. The molecular formula is C40H50N4O3. The molecule has 0 bridgehead atoms. The van der Waals surface area contributed by atoms with Crippen LogP contribution in [0.4, 0.5) is 11.4 Å². The number of nitrogens with zero attached hydrogens (tertiary/aromatic N) is 3. The molecule has 1 aliphatic rings. The number of unbranched alkanes of at least 4 members (excludes halogenated alkanes) is 1. The number of carbonyl (C=O) groups is 1. The van der Waals surface area contributed by atoms with Gasteiger partial charge < -0.3 is 24.3 Å². The third-order valence-corrected chi connectivity index (χ3v) is 8.58. The molecule has 1 aliphatic heterocycles. The van der Waals surface area contributed by atoms with Gasteiger partial charge in [-0.3, -0.25) is 4.79 Å². The molecule has 0 radical (unpaired) electrons. The van der Waals surface area contributed by atoms with E-state index >= 15 is 0 Å². The van der Waals surface area contributed by atoms with Crippen molar-refractivity contribution in [1.29, 1.82) is 0 Å². The number of amides is 1. The van der Waals surface area contributed by atoms with Crippen LogP contribution in [0, 0.1) is 0 Å². The first-order valence-electron chi connectivity index (χ1n) is 17.4. The SMILES string of the molecule is CCCCOCCOc1ccc(-c2ccc3c(c2)C=C(C(=O)Nc2ccc(CCc4nccn4CCC)cc2)CCN3CCC)cc1. The van der Waals surface area contributed by atoms with Crippen molar-refractivity contribution >= 4 is 23.4 Å². The Hall–Kier alpha value is -4.36. The van der Waals surface area contributed by atoms with Gasteiger partial charge in [0.2, 0.25) is 0 Å². The number of ether oxygens (including phenoxy) is 2. The number of anilines is 2. The van der Waals surface area contributed by atoms with E-state index in [9.17, 15) is 4.79 Å². The monoisotopic (exact) mass is 634 g/mol. The third-order valence-electron chi connectivity index (χ3n) is 8.58. The zero-order valence-corrected chi connectivity index (χ0v) is 28.3. The molecular weight excluding hydrogens is 584 g/mol. The van der Waals surface area contributed by atoms with Gasteiger partial charge in [-0.05, 0) is 96.8 Å². The molecule has 1 N–H and O–H groups in total. The Labute approximate surface area is 280 Å². The zero-order valence-electron chi connectivity index (χ0n) is 28.3. The normalized spacial score (nSPS) is 12.7. The summed E-state index contributed by atoms with van der Waals surface area (Å²) in [5.74, 6) is 1.91. The maximum atomic E-state index is 13.6. The van der Waals surface area contributed by atoms with Crippen LogP contribution in [0.2, 0.25) is 0 Å². The number of hydrogen-bond acceptors (Lipinski definition) is 5. The summed E-state index contributed by atoms with van der Waals surface area (Å²) < 4.78 is 13.7. The molecule has 2 heterocycles. The Morgan fingerprint density at radius 1 is 0.851 bits per heavy atom. The van der Waals surface area contributed by atoms with Gasteiger partial charge in [0, 0.05) is 62.0 Å². The number of imidazole rings is 1. The van der Waals surface area contributed by atoms with Gasteiger partial charge in [-0.2, -0.15) is 0 Å². The van der Waals surface area contributed by atoms with Crippen LogP contribution in [0.25, 0.3) is 17.2 Å². The smallest absolute Gasteiger partial charge is 0.251 e. The van der Waals surface area contributed by atoms with E-state index in [-0.39, 0.29) is 5.91 Å². The number of nitrogens with one attached hydrogen (secondary N) is 1. The number of hydrogen-bond donors (Lipinski definition) is 1. The summed E-state index contributed by atoms with van der Waals surface area (Å²) in [6, 6.07) is 23.0. The van der Waals surface area contributed by atoms with E-state index in [0.717, 1.165) is 104 Å². The fourth-order valence-electron chi connectivity index (χ4n) is 6.00. The average Bonchev–Trinajstić information content (AvgIpc) is 3.46. The predicted molar refractivity (Wildman–Crippen MR) is 193 cm³/mol. The van der Waals surface area contributed by atoms with Gasteiger partial charge in [0.05, 0.1) is 6.61 Å². The Balaban J connectivity index is 1.24. The first-order valence-corrected chi connectivity index (χ1v) is 17.4. The highest BCUT2D eigenvalue weighted by Gasteiger charge is 2.20. The lowest BCUT2D eigenvalue weighted by Crippen LogP contribution is -2.26. The van der Waals surface area contributed by atoms with Gasteiger partial charge in [-0.25, -0.2) is 4.98 Å². The minimum absolute atomic E-state index is 0.0470. The summed E-state index contributed by atoms with van der Waals surface area (Å²) in [7, 11) is 0. The van der Waals surface area contributed by atoms with Gasteiger partial charge in [-0.1, -0.05) is 57.5 Å². The van der Waals surface area contributed by atoms with E-state index < -0.39 is 0 Å². The lowest BCUT2D eigenvalue weighted by Gasteiger charge is -2.25. The lowest BCUT2D eigenvalue weighted by atomic mass is 10.00. The first-order chi connectivity index (χ1) is 23.1. The van der Waals surface area contributed by atoms with E-state index in [1.54, 1.807) is 0 Å². The minimum Gasteiger partial charge on any atom is -0.491 e. The molecule has 0 saturated heterocycles. The van der Waals surface area contributed by atoms with Crippen molar-refractivity contribution in [3.8, 4) is 16.9 Å². The summed E-state index contributed by atoms with van der Waals surface area (Å²) >= 11 is 0. The van der Waals surface area contributed by atoms with Gasteiger partial charge in [0.15, 0.2) is 0 Å². The van der Waals surface area contributed by atoms with Crippen molar-refractivity contribution in [3.05, 3.63) is 102 Å². The first kappa shape index (κ1) is 34.0.